The molecular weight excluding hydrogens is 280 g/mol. The van der Waals surface area contributed by atoms with Crippen molar-refractivity contribution in [3.8, 4) is 0 Å². The molecule has 1 aliphatic rings. The van der Waals surface area contributed by atoms with E-state index in [2.05, 4.69) is 16.4 Å². The minimum atomic E-state index is -0.0215. The van der Waals surface area contributed by atoms with Gasteiger partial charge in [0.2, 0.25) is 0 Å². The van der Waals surface area contributed by atoms with Crippen molar-refractivity contribution in [3.63, 3.8) is 0 Å². The van der Waals surface area contributed by atoms with Crippen LogP contribution in [0.5, 0.6) is 0 Å². The number of carbonyl (C=O) groups is 1. The van der Waals surface area contributed by atoms with E-state index in [1.165, 1.54) is 5.56 Å². The quantitative estimate of drug-likeness (QED) is 0.807. The number of pyridine rings is 1. The summed E-state index contributed by atoms with van der Waals surface area (Å²) in [6, 6.07) is 5.89. The van der Waals surface area contributed by atoms with Crippen LogP contribution < -0.4 is 0 Å². The molecule has 1 fully saturated rings. The Morgan fingerprint density at radius 2 is 2.32 bits per heavy atom. The van der Waals surface area contributed by atoms with Crippen LogP contribution in [0, 0.1) is 0 Å². The second-order valence-electron chi connectivity index (χ2n) is 4.64. The Hall–Kier alpha value is -1.39. The second-order valence-corrected chi connectivity index (χ2v) is 5.78. The van der Waals surface area contributed by atoms with Gasteiger partial charge in [-0.2, -0.15) is 11.3 Å². The van der Waals surface area contributed by atoms with Crippen molar-refractivity contribution in [2.24, 2.45) is 0 Å². The highest BCUT2D eigenvalue weighted by Crippen LogP contribution is 2.31. The normalized spacial score (nSPS) is 14.4. The fraction of sp³-hybridized carbons (Fsp3) is 0.286. The minimum absolute atomic E-state index is 0.0215. The molecule has 0 radical (unpaired) electrons. The van der Waals surface area contributed by atoms with Crippen molar-refractivity contribution < 1.29 is 4.79 Å². The lowest BCUT2D eigenvalue weighted by Crippen LogP contribution is -2.32. The van der Waals surface area contributed by atoms with Crippen molar-refractivity contribution in [2.75, 3.05) is 0 Å². The maximum atomic E-state index is 12.6. The Kier molecular flexibility index (Phi) is 3.53. The number of aromatic nitrogens is 1. The molecule has 0 N–H and O–H groups in total. The molecule has 1 amide bonds. The van der Waals surface area contributed by atoms with Gasteiger partial charge in [-0.05, 0) is 47.4 Å². The molecule has 0 spiro atoms. The summed E-state index contributed by atoms with van der Waals surface area (Å²) in [6.07, 6.45) is 3.75. The highest BCUT2D eigenvalue weighted by Gasteiger charge is 2.33. The molecule has 1 aliphatic carbocycles. The molecule has 3 nitrogen and oxygen atoms in total. The highest BCUT2D eigenvalue weighted by molar-refractivity contribution is 7.07. The van der Waals surface area contributed by atoms with Crippen LogP contribution in [-0.4, -0.2) is 21.8 Å². The lowest BCUT2D eigenvalue weighted by molar-refractivity contribution is 0.0730. The van der Waals surface area contributed by atoms with E-state index in [1.54, 1.807) is 29.7 Å². The zero-order valence-electron chi connectivity index (χ0n) is 10.3. The molecule has 2 heterocycles. The first-order valence-electron chi connectivity index (χ1n) is 6.18. The Morgan fingerprint density at radius 1 is 1.47 bits per heavy atom. The molecule has 0 saturated heterocycles. The molecule has 2 aromatic rings. The summed E-state index contributed by atoms with van der Waals surface area (Å²) in [5, 5.41) is 4.39. The molecule has 0 unspecified atom stereocenters. The SMILES string of the molecule is O=C(c1cccnc1Cl)N(Cc1ccsc1)C1CC1. The summed E-state index contributed by atoms with van der Waals surface area (Å²) in [5.74, 6) is -0.0215. The largest absolute Gasteiger partial charge is 0.331 e. The first kappa shape index (κ1) is 12.6. The van der Waals surface area contributed by atoms with Crippen LogP contribution in [0.4, 0.5) is 0 Å². The lowest BCUT2D eigenvalue weighted by atomic mass is 10.2. The van der Waals surface area contributed by atoms with E-state index in [0.29, 0.717) is 18.2 Å². The first-order chi connectivity index (χ1) is 9.25. The van der Waals surface area contributed by atoms with Crippen molar-refractivity contribution >= 4 is 28.8 Å². The summed E-state index contributed by atoms with van der Waals surface area (Å²) >= 11 is 7.66. The second kappa shape index (κ2) is 5.31. The van der Waals surface area contributed by atoms with Crippen LogP contribution in [0.1, 0.15) is 28.8 Å². The molecule has 19 heavy (non-hydrogen) atoms. The molecule has 0 bridgehead atoms. The average Bonchev–Trinajstić information content (AvgIpc) is 3.13. The fourth-order valence-corrected chi connectivity index (χ4v) is 2.89. The van der Waals surface area contributed by atoms with Gasteiger partial charge in [0.05, 0.1) is 5.56 Å². The predicted molar refractivity (Wildman–Crippen MR) is 76.5 cm³/mol. The third-order valence-electron chi connectivity index (χ3n) is 3.17. The van der Waals surface area contributed by atoms with E-state index in [-0.39, 0.29) is 11.1 Å². The molecular formula is C14H13ClN2OS. The predicted octanol–water partition coefficient (Wildman–Crippen LogP) is 3.60. The molecule has 0 aromatic carbocycles. The third-order valence-corrected chi connectivity index (χ3v) is 4.20. The van der Waals surface area contributed by atoms with Crippen LogP contribution >= 0.6 is 22.9 Å². The van der Waals surface area contributed by atoms with Crippen molar-refractivity contribution in [2.45, 2.75) is 25.4 Å². The maximum absolute atomic E-state index is 12.6. The van der Waals surface area contributed by atoms with Crippen molar-refractivity contribution in [3.05, 3.63) is 51.4 Å². The summed E-state index contributed by atoms with van der Waals surface area (Å²) in [4.78, 5) is 18.5. The molecule has 3 rings (SSSR count). The molecule has 2 aromatic heterocycles. The zero-order chi connectivity index (χ0) is 13.2. The monoisotopic (exact) mass is 292 g/mol. The smallest absolute Gasteiger partial charge is 0.257 e. The Balaban J connectivity index is 1.84. The van der Waals surface area contributed by atoms with Crippen molar-refractivity contribution in [1.29, 1.82) is 0 Å². The number of hydrogen-bond donors (Lipinski definition) is 0. The van der Waals surface area contributed by atoms with E-state index in [9.17, 15) is 4.79 Å². The van der Waals surface area contributed by atoms with Crippen LogP contribution in [0.25, 0.3) is 0 Å². The van der Waals surface area contributed by atoms with Gasteiger partial charge in [0.25, 0.3) is 5.91 Å². The molecule has 0 atom stereocenters. The molecule has 0 aliphatic heterocycles. The average molecular weight is 293 g/mol. The van der Waals surface area contributed by atoms with Gasteiger partial charge in [0.15, 0.2) is 0 Å². The van der Waals surface area contributed by atoms with Gasteiger partial charge in [-0.1, -0.05) is 11.6 Å². The Bertz CT molecular complexity index is 581. The molecule has 1 saturated carbocycles. The Labute approximate surface area is 120 Å². The van der Waals surface area contributed by atoms with E-state index in [4.69, 9.17) is 11.6 Å². The highest BCUT2D eigenvalue weighted by atomic mass is 35.5. The van der Waals surface area contributed by atoms with Gasteiger partial charge in [0.1, 0.15) is 5.15 Å². The minimum Gasteiger partial charge on any atom is -0.331 e. The number of amides is 1. The van der Waals surface area contributed by atoms with Crippen LogP contribution in [0.2, 0.25) is 5.15 Å². The first-order valence-corrected chi connectivity index (χ1v) is 7.50. The number of thiophene rings is 1. The topological polar surface area (TPSA) is 33.2 Å². The van der Waals surface area contributed by atoms with Gasteiger partial charge in [-0.3, -0.25) is 4.79 Å². The zero-order valence-corrected chi connectivity index (χ0v) is 11.8. The molecule has 98 valence electrons. The van der Waals surface area contributed by atoms with Crippen LogP contribution in [0.3, 0.4) is 0 Å². The number of nitrogens with zero attached hydrogens (tertiary/aromatic N) is 2. The van der Waals surface area contributed by atoms with Gasteiger partial charge >= 0.3 is 0 Å². The van der Waals surface area contributed by atoms with E-state index in [1.807, 2.05) is 10.3 Å². The summed E-state index contributed by atoms with van der Waals surface area (Å²) in [6.45, 7) is 0.651. The summed E-state index contributed by atoms with van der Waals surface area (Å²) in [7, 11) is 0. The molecule has 5 heteroatoms. The third kappa shape index (κ3) is 2.80. The van der Waals surface area contributed by atoms with E-state index >= 15 is 0 Å². The van der Waals surface area contributed by atoms with E-state index in [0.717, 1.165) is 12.8 Å². The summed E-state index contributed by atoms with van der Waals surface area (Å²) in [5.41, 5.74) is 1.66. The maximum Gasteiger partial charge on any atom is 0.257 e. The number of hydrogen-bond acceptors (Lipinski definition) is 3. The fourth-order valence-electron chi connectivity index (χ4n) is 2.03. The number of rotatable bonds is 4. The number of halogens is 1. The van der Waals surface area contributed by atoms with Gasteiger partial charge in [0, 0.05) is 18.8 Å². The standard InChI is InChI=1S/C14H13ClN2OS/c15-13-12(2-1-6-16-13)14(18)17(11-3-4-11)8-10-5-7-19-9-10/h1-2,5-7,9,11H,3-4,8H2. The van der Waals surface area contributed by atoms with E-state index < -0.39 is 0 Å². The Morgan fingerprint density at radius 3 is 2.95 bits per heavy atom. The number of carbonyl (C=O) groups excluding carboxylic acids is 1. The van der Waals surface area contributed by atoms with Crippen molar-refractivity contribution in [1.82, 2.24) is 9.88 Å². The van der Waals surface area contributed by atoms with Gasteiger partial charge in [-0.25, -0.2) is 4.98 Å². The van der Waals surface area contributed by atoms with Gasteiger partial charge in [-0.15, -0.1) is 0 Å². The van der Waals surface area contributed by atoms with Crippen LogP contribution in [-0.2, 0) is 6.54 Å². The van der Waals surface area contributed by atoms with Crippen LogP contribution in [0.15, 0.2) is 35.2 Å². The summed E-state index contributed by atoms with van der Waals surface area (Å²) < 4.78 is 0. The lowest BCUT2D eigenvalue weighted by Gasteiger charge is -2.22. The van der Waals surface area contributed by atoms with Gasteiger partial charge < -0.3 is 4.90 Å².